The van der Waals surface area contributed by atoms with Crippen molar-refractivity contribution in [2.24, 2.45) is 23.3 Å². The summed E-state index contributed by atoms with van der Waals surface area (Å²) in [6, 6.07) is 15.9. The number of carbonyl (C=O) groups excluding carboxylic acids is 4. The highest BCUT2D eigenvalue weighted by Gasteiger charge is 2.31. The summed E-state index contributed by atoms with van der Waals surface area (Å²) in [6.07, 6.45) is 5.75. The van der Waals surface area contributed by atoms with Gasteiger partial charge in [0, 0.05) is 39.3 Å². The van der Waals surface area contributed by atoms with Crippen molar-refractivity contribution in [3.8, 4) is 0 Å². The standard InChI is InChI=1S/C38H56N8O6/c39-17-15-29-7-11-31(12-8-29)27-41-37(49)43-19-23-45(24-20-43)51-35(47)33-3-1-4-34(6-2-5-33)36(48)52-46-25-21-44(22-26-46)38(50)42-28-32-13-9-30(10-14-32)16-18-40/h7-14,33-34H,1-6,15-28,39-40H2,(H,41,49)(H,42,50). The molecule has 3 fully saturated rings. The molecule has 14 nitrogen and oxygen atoms in total. The number of hydroxylamine groups is 4. The molecule has 0 atom stereocenters. The van der Waals surface area contributed by atoms with E-state index < -0.39 is 0 Å². The van der Waals surface area contributed by atoms with E-state index in [4.69, 9.17) is 21.1 Å². The van der Waals surface area contributed by atoms with E-state index in [1.54, 1.807) is 19.9 Å². The lowest BCUT2D eigenvalue weighted by Crippen LogP contribution is -2.52. The van der Waals surface area contributed by atoms with Gasteiger partial charge in [0.05, 0.1) is 38.0 Å². The van der Waals surface area contributed by atoms with Crippen molar-refractivity contribution in [2.45, 2.75) is 64.5 Å². The van der Waals surface area contributed by atoms with E-state index in [2.05, 4.69) is 10.6 Å². The molecule has 52 heavy (non-hydrogen) atoms. The van der Waals surface area contributed by atoms with Gasteiger partial charge in [-0.3, -0.25) is 9.59 Å². The van der Waals surface area contributed by atoms with Gasteiger partial charge in [-0.2, -0.15) is 0 Å². The summed E-state index contributed by atoms with van der Waals surface area (Å²) >= 11 is 0. The minimum atomic E-state index is -0.237. The molecule has 0 bridgehead atoms. The monoisotopic (exact) mass is 720 g/mol. The van der Waals surface area contributed by atoms with E-state index in [0.29, 0.717) is 104 Å². The summed E-state index contributed by atoms with van der Waals surface area (Å²) in [5, 5.41) is 9.27. The van der Waals surface area contributed by atoms with Crippen molar-refractivity contribution in [3.05, 3.63) is 70.8 Å². The summed E-state index contributed by atoms with van der Waals surface area (Å²) in [5.74, 6) is -0.910. The maximum absolute atomic E-state index is 13.1. The number of hydrogen-bond acceptors (Lipinski definition) is 10. The Kier molecular flexibility index (Phi) is 15.1. The number of amides is 4. The molecule has 2 aliphatic heterocycles. The van der Waals surface area contributed by atoms with Gasteiger partial charge in [-0.15, -0.1) is 10.1 Å². The molecule has 3 aliphatic rings. The molecule has 6 N–H and O–H groups in total. The number of benzene rings is 2. The van der Waals surface area contributed by atoms with Gasteiger partial charge in [-0.1, -0.05) is 61.4 Å². The molecule has 0 aromatic heterocycles. The molecule has 2 aromatic carbocycles. The van der Waals surface area contributed by atoms with Crippen molar-refractivity contribution in [1.29, 1.82) is 0 Å². The number of nitrogens with two attached hydrogens (primary N) is 2. The highest BCUT2D eigenvalue weighted by atomic mass is 16.7. The van der Waals surface area contributed by atoms with Crippen molar-refractivity contribution in [1.82, 2.24) is 30.6 Å². The molecule has 2 aromatic rings. The van der Waals surface area contributed by atoms with Crippen LogP contribution in [0.1, 0.15) is 60.8 Å². The number of urea groups is 2. The zero-order chi connectivity index (χ0) is 36.7. The zero-order valence-corrected chi connectivity index (χ0v) is 30.3. The van der Waals surface area contributed by atoms with Crippen LogP contribution in [-0.4, -0.2) is 109 Å². The maximum Gasteiger partial charge on any atom is 0.328 e. The molecular formula is C38H56N8O6. The van der Waals surface area contributed by atoms with Gasteiger partial charge in [0.2, 0.25) is 0 Å². The van der Waals surface area contributed by atoms with E-state index in [1.165, 1.54) is 11.1 Å². The number of piperazine rings is 2. The van der Waals surface area contributed by atoms with Crippen LogP contribution in [-0.2, 0) is 45.2 Å². The largest absolute Gasteiger partial charge is 0.368 e. The molecule has 1 saturated carbocycles. The third-order valence-corrected chi connectivity index (χ3v) is 10.2. The van der Waals surface area contributed by atoms with Gasteiger partial charge in [-0.25, -0.2) is 9.59 Å². The average Bonchev–Trinajstić information content (AvgIpc) is 3.14. The van der Waals surface area contributed by atoms with Crippen molar-refractivity contribution < 1.29 is 28.9 Å². The van der Waals surface area contributed by atoms with E-state index in [1.807, 2.05) is 48.5 Å². The van der Waals surface area contributed by atoms with Gasteiger partial charge < -0.3 is 41.6 Å². The van der Waals surface area contributed by atoms with E-state index in [-0.39, 0.29) is 35.8 Å². The lowest BCUT2D eigenvalue weighted by atomic mass is 9.86. The minimum Gasteiger partial charge on any atom is -0.368 e. The van der Waals surface area contributed by atoms with Crippen LogP contribution in [0.4, 0.5) is 9.59 Å². The van der Waals surface area contributed by atoms with Gasteiger partial charge in [0.1, 0.15) is 0 Å². The molecular weight excluding hydrogens is 664 g/mol. The summed E-state index contributed by atoms with van der Waals surface area (Å²) < 4.78 is 0. The van der Waals surface area contributed by atoms with Crippen LogP contribution in [0, 0.1) is 11.8 Å². The third kappa shape index (κ3) is 11.9. The second-order valence-corrected chi connectivity index (χ2v) is 13.9. The Labute approximate surface area is 307 Å². The van der Waals surface area contributed by atoms with Gasteiger partial charge >= 0.3 is 24.0 Å². The van der Waals surface area contributed by atoms with Crippen molar-refractivity contribution >= 4 is 24.0 Å². The van der Waals surface area contributed by atoms with Crippen molar-refractivity contribution in [2.75, 3.05) is 65.4 Å². The fourth-order valence-electron chi connectivity index (χ4n) is 6.91. The summed E-state index contributed by atoms with van der Waals surface area (Å²) in [4.78, 5) is 66.6. The summed E-state index contributed by atoms with van der Waals surface area (Å²) in [6.45, 7) is 5.80. The van der Waals surface area contributed by atoms with Gasteiger partial charge in [-0.05, 0) is 73.9 Å². The molecule has 14 heteroatoms. The molecule has 5 rings (SSSR count). The topological polar surface area (TPSA) is 176 Å². The van der Waals surface area contributed by atoms with E-state index in [0.717, 1.165) is 36.8 Å². The fraction of sp³-hybridized carbons (Fsp3) is 0.579. The average molecular weight is 721 g/mol. The minimum absolute atomic E-state index is 0.132. The Hall–Kier alpha value is -4.24. The number of nitrogens with one attached hydrogen (secondary N) is 2. The number of carbonyl (C=O) groups is 4. The number of hydrogen-bond donors (Lipinski definition) is 4. The Balaban J connectivity index is 0.935. The van der Waals surface area contributed by atoms with E-state index >= 15 is 0 Å². The fourth-order valence-corrected chi connectivity index (χ4v) is 6.91. The molecule has 0 spiro atoms. The van der Waals surface area contributed by atoms with Crippen LogP contribution in [0.5, 0.6) is 0 Å². The van der Waals surface area contributed by atoms with Crippen LogP contribution >= 0.6 is 0 Å². The second-order valence-electron chi connectivity index (χ2n) is 13.9. The molecule has 284 valence electrons. The highest BCUT2D eigenvalue weighted by Crippen LogP contribution is 2.28. The summed E-state index contributed by atoms with van der Waals surface area (Å²) in [5.41, 5.74) is 15.6. The van der Waals surface area contributed by atoms with E-state index in [9.17, 15) is 19.2 Å². The molecule has 2 heterocycles. The lowest BCUT2D eigenvalue weighted by Gasteiger charge is -2.34. The zero-order valence-electron chi connectivity index (χ0n) is 30.3. The Morgan fingerprint density at radius 1 is 0.538 bits per heavy atom. The highest BCUT2D eigenvalue weighted by molar-refractivity contribution is 5.75. The predicted molar refractivity (Wildman–Crippen MR) is 196 cm³/mol. The number of nitrogens with zero attached hydrogens (tertiary/aromatic N) is 4. The van der Waals surface area contributed by atoms with Crippen LogP contribution in [0.3, 0.4) is 0 Å². The van der Waals surface area contributed by atoms with Crippen LogP contribution in [0.15, 0.2) is 48.5 Å². The molecule has 4 amide bonds. The SMILES string of the molecule is NCCc1ccc(CNC(=O)N2CCN(OC(=O)C3CCCC(C(=O)ON4CCN(C(=O)NCc5ccc(CCN)cc5)CC4)CCC3)CC2)cc1. The second kappa shape index (κ2) is 20.1. The van der Waals surface area contributed by atoms with Gasteiger partial charge in [0.25, 0.3) is 0 Å². The first-order chi connectivity index (χ1) is 25.3. The molecule has 1 aliphatic carbocycles. The quantitative estimate of drug-likeness (QED) is 0.255. The van der Waals surface area contributed by atoms with Crippen LogP contribution in [0.2, 0.25) is 0 Å². The smallest absolute Gasteiger partial charge is 0.328 e. The third-order valence-electron chi connectivity index (χ3n) is 10.2. The number of rotatable bonds is 12. The maximum atomic E-state index is 13.1. The first kappa shape index (κ1) is 39.0. The van der Waals surface area contributed by atoms with Gasteiger partial charge in [0.15, 0.2) is 0 Å². The van der Waals surface area contributed by atoms with Crippen LogP contribution in [0.25, 0.3) is 0 Å². The molecule has 0 radical (unpaired) electrons. The van der Waals surface area contributed by atoms with Crippen LogP contribution < -0.4 is 22.1 Å². The molecule has 2 saturated heterocycles. The predicted octanol–water partition coefficient (Wildman–Crippen LogP) is 2.55. The first-order valence-corrected chi connectivity index (χ1v) is 18.9. The summed E-state index contributed by atoms with van der Waals surface area (Å²) in [7, 11) is 0. The Morgan fingerprint density at radius 3 is 1.19 bits per heavy atom. The Bertz CT molecular complexity index is 1320. The lowest BCUT2D eigenvalue weighted by molar-refractivity contribution is -0.203. The molecule has 0 unspecified atom stereocenters. The Morgan fingerprint density at radius 2 is 0.865 bits per heavy atom. The first-order valence-electron chi connectivity index (χ1n) is 18.9. The normalized spacial score (nSPS) is 20.3. The van der Waals surface area contributed by atoms with Crippen molar-refractivity contribution in [3.63, 3.8) is 0 Å².